The van der Waals surface area contributed by atoms with Crippen LogP contribution in [-0.2, 0) is 0 Å². The van der Waals surface area contributed by atoms with Crippen LogP contribution in [0.3, 0.4) is 0 Å². The highest BCUT2D eigenvalue weighted by Crippen LogP contribution is 2.19. The monoisotopic (exact) mass is 253 g/mol. The third kappa shape index (κ3) is 3.69. The Labute approximate surface area is 111 Å². The maximum Gasteiger partial charge on any atom is 0.332 e. The topological polar surface area (TPSA) is 67.1 Å². The first-order valence-corrected chi connectivity index (χ1v) is 5.89. The predicted molar refractivity (Wildman–Crippen MR) is 76.8 cm³/mol. The second kappa shape index (κ2) is 6.37. The highest BCUT2D eigenvalue weighted by Gasteiger charge is 1.95. The van der Waals surface area contributed by atoms with Crippen molar-refractivity contribution in [3.63, 3.8) is 0 Å². The zero-order valence-corrected chi connectivity index (χ0v) is 10.3. The van der Waals surface area contributed by atoms with Crippen molar-refractivity contribution in [1.29, 1.82) is 0 Å². The molecule has 0 heterocycles. The van der Waals surface area contributed by atoms with Gasteiger partial charge in [0.15, 0.2) is 0 Å². The van der Waals surface area contributed by atoms with Gasteiger partial charge in [0.05, 0.1) is 0 Å². The van der Waals surface area contributed by atoms with Gasteiger partial charge in [0, 0.05) is 6.20 Å². The van der Waals surface area contributed by atoms with Gasteiger partial charge < -0.3 is 5.32 Å². The maximum atomic E-state index is 10.8. The Balaban J connectivity index is 2.05. The van der Waals surface area contributed by atoms with Gasteiger partial charge in [-0.25, -0.2) is 10.6 Å². The van der Waals surface area contributed by atoms with Crippen molar-refractivity contribution >= 4 is 12.1 Å². The standard InChI is InChI=1S/C15H15N3O/c16-18-15(19)17-11-10-12-6-8-14(9-7-12)13-4-2-1-3-5-13/h1-11H,16H2,(H2,17,18,19)/b11-10+. The largest absolute Gasteiger partial charge is 0.332 e. The molecule has 2 aromatic carbocycles. The maximum absolute atomic E-state index is 10.8. The summed E-state index contributed by atoms with van der Waals surface area (Å²) in [6, 6.07) is 17.8. The minimum Gasteiger partial charge on any atom is -0.314 e. The van der Waals surface area contributed by atoms with Crippen molar-refractivity contribution in [2.24, 2.45) is 5.84 Å². The van der Waals surface area contributed by atoms with Crippen molar-refractivity contribution < 1.29 is 4.79 Å². The molecule has 4 heteroatoms. The molecule has 19 heavy (non-hydrogen) atoms. The third-order valence-corrected chi connectivity index (χ3v) is 2.64. The summed E-state index contributed by atoms with van der Waals surface area (Å²) in [4.78, 5) is 10.8. The summed E-state index contributed by atoms with van der Waals surface area (Å²) in [7, 11) is 0. The zero-order valence-electron chi connectivity index (χ0n) is 10.3. The van der Waals surface area contributed by atoms with E-state index in [0.717, 1.165) is 11.1 Å². The number of carbonyl (C=O) groups excluding carboxylic acids is 1. The summed E-state index contributed by atoms with van der Waals surface area (Å²) < 4.78 is 0. The van der Waals surface area contributed by atoms with Crippen LogP contribution in [0.4, 0.5) is 4.79 Å². The Morgan fingerprint density at radius 1 is 0.947 bits per heavy atom. The fourth-order valence-corrected chi connectivity index (χ4v) is 1.67. The van der Waals surface area contributed by atoms with E-state index >= 15 is 0 Å². The zero-order chi connectivity index (χ0) is 13.5. The van der Waals surface area contributed by atoms with E-state index in [1.165, 1.54) is 5.56 Å². The smallest absolute Gasteiger partial charge is 0.314 e. The molecule has 0 aromatic heterocycles. The van der Waals surface area contributed by atoms with Crippen molar-refractivity contribution in [2.75, 3.05) is 0 Å². The number of hydrazine groups is 1. The normalized spacial score (nSPS) is 10.4. The molecule has 0 radical (unpaired) electrons. The summed E-state index contributed by atoms with van der Waals surface area (Å²) in [6.45, 7) is 0. The number of nitrogens with two attached hydrogens (primary N) is 1. The van der Waals surface area contributed by atoms with Gasteiger partial charge in [-0.05, 0) is 22.8 Å². The van der Waals surface area contributed by atoms with Crippen LogP contribution in [0.1, 0.15) is 5.56 Å². The molecule has 0 fully saturated rings. The highest BCUT2D eigenvalue weighted by atomic mass is 16.2. The first-order chi connectivity index (χ1) is 9.29. The van der Waals surface area contributed by atoms with Gasteiger partial charge in [0.2, 0.25) is 0 Å². The number of hydrogen-bond acceptors (Lipinski definition) is 2. The molecule has 0 aliphatic heterocycles. The average Bonchev–Trinajstić information content (AvgIpc) is 2.48. The van der Waals surface area contributed by atoms with E-state index in [4.69, 9.17) is 5.84 Å². The molecule has 4 nitrogen and oxygen atoms in total. The number of rotatable bonds is 3. The number of nitrogens with one attached hydrogen (secondary N) is 2. The van der Waals surface area contributed by atoms with Gasteiger partial charge in [-0.3, -0.25) is 5.43 Å². The lowest BCUT2D eigenvalue weighted by atomic mass is 10.0. The van der Waals surface area contributed by atoms with E-state index in [9.17, 15) is 4.79 Å². The quantitative estimate of drug-likeness (QED) is 0.447. The van der Waals surface area contributed by atoms with Crippen LogP contribution in [-0.4, -0.2) is 6.03 Å². The number of urea groups is 1. The van der Waals surface area contributed by atoms with Crippen LogP contribution in [0.25, 0.3) is 17.2 Å². The lowest BCUT2D eigenvalue weighted by Crippen LogP contribution is -2.37. The number of hydrogen-bond donors (Lipinski definition) is 3. The predicted octanol–water partition coefficient (Wildman–Crippen LogP) is 2.50. The van der Waals surface area contributed by atoms with Crippen molar-refractivity contribution in [1.82, 2.24) is 10.7 Å². The Morgan fingerprint density at radius 3 is 2.21 bits per heavy atom. The average molecular weight is 253 g/mol. The summed E-state index contributed by atoms with van der Waals surface area (Å²) >= 11 is 0. The molecule has 96 valence electrons. The van der Waals surface area contributed by atoms with Gasteiger partial charge in [-0.1, -0.05) is 54.6 Å². The molecule has 0 spiro atoms. The SMILES string of the molecule is NNC(=O)N/C=C/c1ccc(-c2ccccc2)cc1. The minimum atomic E-state index is -0.447. The molecule has 4 N–H and O–H groups in total. The van der Waals surface area contributed by atoms with Crippen molar-refractivity contribution in [2.45, 2.75) is 0 Å². The molecule has 0 atom stereocenters. The molecule has 0 bridgehead atoms. The molecule has 0 aliphatic carbocycles. The Hall–Kier alpha value is -2.59. The summed E-state index contributed by atoms with van der Waals surface area (Å²) in [6.07, 6.45) is 3.34. The van der Waals surface area contributed by atoms with E-state index in [2.05, 4.69) is 17.4 Å². The first-order valence-electron chi connectivity index (χ1n) is 5.89. The molecular weight excluding hydrogens is 238 g/mol. The van der Waals surface area contributed by atoms with Crippen molar-refractivity contribution in [3.8, 4) is 11.1 Å². The van der Waals surface area contributed by atoms with Crippen LogP contribution >= 0.6 is 0 Å². The van der Waals surface area contributed by atoms with Gasteiger partial charge in [0.25, 0.3) is 0 Å². The molecule has 2 amide bonds. The summed E-state index contributed by atoms with van der Waals surface area (Å²) in [5.74, 6) is 4.94. The molecule has 0 saturated carbocycles. The minimum absolute atomic E-state index is 0.447. The van der Waals surface area contributed by atoms with E-state index in [-0.39, 0.29) is 0 Å². The van der Waals surface area contributed by atoms with Gasteiger partial charge in [-0.15, -0.1) is 0 Å². The van der Waals surface area contributed by atoms with Crippen LogP contribution in [0.5, 0.6) is 0 Å². The highest BCUT2D eigenvalue weighted by molar-refractivity contribution is 5.75. The van der Waals surface area contributed by atoms with Crippen molar-refractivity contribution in [3.05, 3.63) is 66.4 Å². The van der Waals surface area contributed by atoms with Gasteiger partial charge in [0.1, 0.15) is 0 Å². The van der Waals surface area contributed by atoms with E-state index in [1.54, 1.807) is 12.3 Å². The van der Waals surface area contributed by atoms with Crippen LogP contribution in [0.15, 0.2) is 60.8 Å². The first kappa shape index (κ1) is 12.9. The summed E-state index contributed by atoms with van der Waals surface area (Å²) in [5, 5.41) is 2.47. The summed E-state index contributed by atoms with van der Waals surface area (Å²) in [5.41, 5.74) is 5.31. The molecule has 0 unspecified atom stereocenters. The molecule has 2 aromatic rings. The fourth-order valence-electron chi connectivity index (χ4n) is 1.67. The Kier molecular flexibility index (Phi) is 4.31. The van der Waals surface area contributed by atoms with Crippen LogP contribution < -0.4 is 16.6 Å². The van der Waals surface area contributed by atoms with Gasteiger partial charge >= 0.3 is 6.03 Å². The van der Waals surface area contributed by atoms with Gasteiger partial charge in [-0.2, -0.15) is 0 Å². The van der Waals surface area contributed by atoms with E-state index < -0.39 is 6.03 Å². The van der Waals surface area contributed by atoms with Crippen LogP contribution in [0.2, 0.25) is 0 Å². The lowest BCUT2D eigenvalue weighted by molar-refractivity contribution is 0.244. The molecular formula is C15H15N3O. The van der Waals surface area contributed by atoms with E-state index in [0.29, 0.717) is 0 Å². The van der Waals surface area contributed by atoms with E-state index in [1.807, 2.05) is 47.9 Å². The number of benzene rings is 2. The van der Waals surface area contributed by atoms with Crippen LogP contribution in [0, 0.1) is 0 Å². The lowest BCUT2D eigenvalue weighted by Gasteiger charge is -2.02. The number of amides is 2. The fraction of sp³-hybridized carbons (Fsp3) is 0. The molecule has 0 aliphatic rings. The second-order valence-corrected chi connectivity index (χ2v) is 3.94. The number of carbonyl (C=O) groups is 1. The molecule has 0 saturated heterocycles. The third-order valence-electron chi connectivity index (χ3n) is 2.64. The Morgan fingerprint density at radius 2 is 1.58 bits per heavy atom. The molecule has 2 rings (SSSR count). The second-order valence-electron chi connectivity index (χ2n) is 3.94. The Bertz CT molecular complexity index is 562.